The zero-order valence-corrected chi connectivity index (χ0v) is 9.77. The quantitative estimate of drug-likeness (QED) is 0.724. The van der Waals surface area contributed by atoms with Gasteiger partial charge in [-0.25, -0.2) is 0 Å². The molecular weight excluding hydrogens is 208 g/mol. The molecule has 0 saturated carbocycles. The summed E-state index contributed by atoms with van der Waals surface area (Å²) in [5.74, 6) is -0.263. The zero-order valence-electron chi connectivity index (χ0n) is 9.77. The van der Waals surface area contributed by atoms with E-state index in [2.05, 4.69) is 0 Å². The molecule has 0 bridgehead atoms. The van der Waals surface area contributed by atoms with Gasteiger partial charge in [0.25, 0.3) is 0 Å². The molecule has 0 aliphatic heterocycles. The van der Waals surface area contributed by atoms with Crippen LogP contribution in [0.5, 0.6) is 11.5 Å². The third-order valence-corrected chi connectivity index (χ3v) is 1.94. The molecule has 1 aromatic rings. The third kappa shape index (κ3) is 4.68. The van der Waals surface area contributed by atoms with Crippen molar-refractivity contribution in [3.05, 3.63) is 23.8 Å². The maximum atomic E-state index is 9.37. The molecule has 90 valence electrons. The number of phenols is 2. The molecule has 0 heterocycles. The van der Waals surface area contributed by atoms with E-state index in [0.717, 1.165) is 0 Å². The van der Waals surface area contributed by atoms with Crippen molar-refractivity contribution in [1.82, 2.24) is 0 Å². The van der Waals surface area contributed by atoms with Crippen molar-refractivity contribution in [3.63, 3.8) is 0 Å². The Labute approximate surface area is 95.2 Å². The molecule has 0 aliphatic rings. The molecule has 0 unspecified atom stereocenters. The number of benzene rings is 1. The minimum atomic E-state index is -0.745. The first-order chi connectivity index (χ1) is 7.40. The Kier molecular flexibility index (Phi) is 6.00. The fourth-order valence-electron chi connectivity index (χ4n) is 1.13. The molecule has 1 rings (SSSR count). The summed E-state index contributed by atoms with van der Waals surface area (Å²) in [5.41, 5.74) is 0.618. The first-order valence-corrected chi connectivity index (χ1v) is 5.12. The number of rotatable bonds is 2. The van der Waals surface area contributed by atoms with Crippen molar-refractivity contribution in [2.45, 2.75) is 33.1 Å². The van der Waals surface area contributed by atoms with Crippen LogP contribution in [0.4, 0.5) is 0 Å². The van der Waals surface area contributed by atoms with Gasteiger partial charge in [0.2, 0.25) is 0 Å². The van der Waals surface area contributed by atoms with E-state index in [1.165, 1.54) is 0 Å². The van der Waals surface area contributed by atoms with Gasteiger partial charge < -0.3 is 15.3 Å². The van der Waals surface area contributed by atoms with Crippen LogP contribution in [0.25, 0.3) is 0 Å². The number of hydrogen-bond acceptors (Lipinski definition) is 3. The summed E-state index contributed by atoms with van der Waals surface area (Å²) in [6, 6.07) is 4.78. The SMILES string of the molecule is CC(C)c1c(O)cccc1O.CCC(=O)O. The van der Waals surface area contributed by atoms with E-state index >= 15 is 0 Å². The smallest absolute Gasteiger partial charge is 0.303 e. The molecule has 0 atom stereocenters. The third-order valence-electron chi connectivity index (χ3n) is 1.94. The van der Waals surface area contributed by atoms with Crippen molar-refractivity contribution in [3.8, 4) is 11.5 Å². The Morgan fingerprint density at radius 2 is 1.62 bits per heavy atom. The van der Waals surface area contributed by atoms with Gasteiger partial charge in [0.1, 0.15) is 11.5 Å². The Hall–Kier alpha value is -1.71. The van der Waals surface area contributed by atoms with Gasteiger partial charge >= 0.3 is 5.97 Å². The fourth-order valence-corrected chi connectivity index (χ4v) is 1.13. The highest BCUT2D eigenvalue weighted by Gasteiger charge is 2.09. The average Bonchev–Trinajstić information content (AvgIpc) is 2.17. The Bertz CT molecular complexity index is 325. The number of phenolic OH excluding ortho intramolecular Hbond substituents is 2. The van der Waals surface area contributed by atoms with E-state index in [1.54, 1.807) is 25.1 Å². The predicted octanol–water partition coefficient (Wildman–Crippen LogP) is 2.70. The second-order valence-corrected chi connectivity index (χ2v) is 3.61. The molecule has 1 aromatic carbocycles. The molecule has 0 spiro atoms. The van der Waals surface area contributed by atoms with Crippen LogP contribution in [0.15, 0.2) is 18.2 Å². The van der Waals surface area contributed by atoms with Gasteiger partial charge in [-0.15, -0.1) is 0 Å². The van der Waals surface area contributed by atoms with Gasteiger partial charge in [-0.05, 0) is 18.1 Å². The van der Waals surface area contributed by atoms with Gasteiger partial charge in [0, 0.05) is 12.0 Å². The maximum absolute atomic E-state index is 9.37. The van der Waals surface area contributed by atoms with E-state index in [4.69, 9.17) is 5.11 Å². The number of carboxylic acids is 1. The molecule has 4 heteroatoms. The van der Waals surface area contributed by atoms with Crippen LogP contribution in [-0.2, 0) is 4.79 Å². The predicted molar refractivity (Wildman–Crippen MR) is 61.8 cm³/mol. The monoisotopic (exact) mass is 226 g/mol. The molecule has 0 aliphatic carbocycles. The van der Waals surface area contributed by atoms with Crippen molar-refractivity contribution in [2.75, 3.05) is 0 Å². The van der Waals surface area contributed by atoms with Crippen LogP contribution in [-0.4, -0.2) is 21.3 Å². The normalized spacial score (nSPS) is 9.50. The standard InChI is InChI=1S/C9H12O2.C3H6O2/c1-6(2)9-7(10)4-3-5-8(9)11;1-2-3(4)5/h3-6,10-11H,1-2H3;2H2,1H3,(H,4,5). The van der Waals surface area contributed by atoms with Crippen molar-refractivity contribution in [2.24, 2.45) is 0 Å². The van der Waals surface area contributed by atoms with Gasteiger partial charge in [-0.3, -0.25) is 4.79 Å². The summed E-state index contributed by atoms with van der Waals surface area (Å²) >= 11 is 0. The number of aliphatic carboxylic acids is 1. The van der Waals surface area contributed by atoms with E-state index in [1.807, 2.05) is 13.8 Å². The summed E-state index contributed by atoms with van der Waals surface area (Å²) in [4.78, 5) is 9.37. The topological polar surface area (TPSA) is 77.8 Å². The first-order valence-electron chi connectivity index (χ1n) is 5.12. The molecule has 0 radical (unpaired) electrons. The number of carbonyl (C=O) groups is 1. The second-order valence-electron chi connectivity index (χ2n) is 3.61. The Balaban J connectivity index is 0.000000385. The summed E-state index contributed by atoms with van der Waals surface area (Å²) in [5, 5.41) is 26.3. The lowest BCUT2D eigenvalue weighted by atomic mass is 10.0. The maximum Gasteiger partial charge on any atom is 0.303 e. The Morgan fingerprint density at radius 3 is 1.81 bits per heavy atom. The molecule has 0 aromatic heterocycles. The van der Waals surface area contributed by atoms with Gasteiger partial charge in [-0.1, -0.05) is 26.8 Å². The average molecular weight is 226 g/mol. The number of hydrogen-bond donors (Lipinski definition) is 3. The molecule has 3 N–H and O–H groups in total. The van der Waals surface area contributed by atoms with E-state index in [-0.39, 0.29) is 23.8 Å². The van der Waals surface area contributed by atoms with Crippen molar-refractivity contribution >= 4 is 5.97 Å². The van der Waals surface area contributed by atoms with Crippen molar-refractivity contribution in [1.29, 1.82) is 0 Å². The molecular formula is C12H18O4. The van der Waals surface area contributed by atoms with E-state index in [0.29, 0.717) is 5.56 Å². The fraction of sp³-hybridized carbons (Fsp3) is 0.417. The second kappa shape index (κ2) is 6.71. The molecule has 0 saturated heterocycles. The van der Waals surface area contributed by atoms with Gasteiger partial charge in [-0.2, -0.15) is 0 Å². The van der Waals surface area contributed by atoms with E-state index in [9.17, 15) is 15.0 Å². The Morgan fingerprint density at radius 1 is 1.25 bits per heavy atom. The number of aromatic hydroxyl groups is 2. The van der Waals surface area contributed by atoms with Crippen LogP contribution in [0.2, 0.25) is 0 Å². The van der Waals surface area contributed by atoms with Gasteiger partial charge in [0.05, 0.1) is 0 Å². The summed E-state index contributed by atoms with van der Waals surface area (Å²) in [6.45, 7) is 5.45. The van der Waals surface area contributed by atoms with Crippen LogP contribution in [0.1, 0.15) is 38.7 Å². The minimum Gasteiger partial charge on any atom is -0.508 e. The lowest BCUT2D eigenvalue weighted by Crippen LogP contribution is -1.88. The van der Waals surface area contributed by atoms with Crippen molar-refractivity contribution < 1.29 is 20.1 Å². The largest absolute Gasteiger partial charge is 0.508 e. The first kappa shape index (κ1) is 14.3. The minimum absolute atomic E-state index is 0.149. The molecule has 16 heavy (non-hydrogen) atoms. The molecule has 0 fully saturated rings. The summed E-state index contributed by atoms with van der Waals surface area (Å²) < 4.78 is 0. The van der Waals surface area contributed by atoms with Crippen LogP contribution < -0.4 is 0 Å². The van der Waals surface area contributed by atoms with Crippen LogP contribution in [0, 0.1) is 0 Å². The number of carboxylic acid groups (broad SMARTS) is 1. The van der Waals surface area contributed by atoms with Crippen LogP contribution in [0.3, 0.4) is 0 Å². The van der Waals surface area contributed by atoms with Gasteiger partial charge in [0.15, 0.2) is 0 Å². The highest BCUT2D eigenvalue weighted by Crippen LogP contribution is 2.32. The molecule has 4 nitrogen and oxygen atoms in total. The van der Waals surface area contributed by atoms with E-state index < -0.39 is 5.97 Å². The molecule has 0 amide bonds. The zero-order chi connectivity index (χ0) is 12.7. The highest BCUT2D eigenvalue weighted by molar-refractivity contribution is 5.66. The summed E-state index contributed by atoms with van der Waals surface area (Å²) in [6.07, 6.45) is 0.222. The van der Waals surface area contributed by atoms with Crippen LogP contribution >= 0.6 is 0 Å². The summed E-state index contributed by atoms with van der Waals surface area (Å²) in [7, 11) is 0. The lowest BCUT2D eigenvalue weighted by Gasteiger charge is -2.09. The highest BCUT2D eigenvalue weighted by atomic mass is 16.4. The lowest BCUT2D eigenvalue weighted by molar-refractivity contribution is -0.136.